The number of benzene rings is 1. The summed E-state index contributed by atoms with van der Waals surface area (Å²) >= 11 is 0. The first-order valence-electron chi connectivity index (χ1n) is 6.15. The van der Waals surface area contributed by atoms with Crippen molar-refractivity contribution in [1.29, 1.82) is 0 Å². The molecule has 0 fully saturated rings. The molecule has 1 N–H and O–H groups in total. The van der Waals surface area contributed by atoms with E-state index in [9.17, 15) is 0 Å². The summed E-state index contributed by atoms with van der Waals surface area (Å²) < 4.78 is 5.46. The standard InChI is InChI=1S/C15H18N2O/c1-3-18-15-8-14(10-17-11-15)13-6-4-12(5-7-13)9-16-2/h4-8,10-11,16H,3,9H2,1-2H3. The van der Waals surface area contributed by atoms with E-state index in [0.717, 1.165) is 23.4 Å². The highest BCUT2D eigenvalue weighted by Crippen LogP contribution is 2.22. The first-order valence-corrected chi connectivity index (χ1v) is 6.15. The maximum absolute atomic E-state index is 5.46. The Labute approximate surface area is 108 Å². The molecular weight excluding hydrogens is 224 g/mol. The van der Waals surface area contributed by atoms with Crippen LogP contribution < -0.4 is 10.1 Å². The Morgan fingerprint density at radius 1 is 1.11 bits per heavy atom. The molecule has 0 spiro atoms. The number of aromatic nitrogens is 1. The van der Waals surface area contributed by atoms with E-state index in [4.69, 9.17) is 4.74 Å². The third-order valence-corrected chi connectivity index (χ3v) is 2.69. The van der Waals surface area contributed by atoms with Crippen molar-refractivity contribution in [3.8, 4) is 16.9 Å². The Morgan fingerprint density at radius 3 is 2.56 bits per heavy atom. The Hall–Kier alpha value is -1.87. The van der Waals surface area contributed by atoms with E-state index in [1.165, 1.54) is 5.56 Å². The molecule has 1 aromatic carbocycles. The first kappa shape index (κ1) is 12.6. The van der Waals surface area contributed by atoms with E-state index in [-0.39, 0.29) is 0 Å². The Bertz CT molecular complexity index is 494. The van der Waals surface area contributed by atoms with Crippen LogP contribution in [0.3, 0.4) is 0 Å². The van der Waals surface area contributed by atoms with Gasteiger partial charge in [0.1, 0.15) is 5.75 Å². The predicted octanol–water partition coefficient (Wildman–Crippen LogP) is 2.87. The minimum atomic E-state index is 0.659. The highest BCUT2D eigenvalue weighted by Gasteiger charge is 2.01. The number of nitrogens with zero attached hydrogens (tertiary/aromatic N) is 1. The molecule has 0 saturated carbocycles. The fourth-order valence-corrected chi connectivity index (χ4v) is 1.84. The Morgan fingerprint density at radius 2 is 1.89 bits per heavy atom. The van der Waals surface area contributed by atoms with Crippen molar-refractivity contribution < 1.29 is 4.74 Å². The molecule has 18 heavy (non-hydrogen) atoms. The quantitative estimate of drug-likeness (QED) is 0.875. The molecule has 0 aliphatic rings. The van der Waals surface area contributed by atoms with E-state index >= 15 is 0 Å². The lowest BCUT2D eigenvalue weighted by Gasteiger charge is -2.06. The third-order valence-electron chi connectivity index (χ3n) is 2.69. The number of hydrogen-bond acceptors (Lipinski definition) is 3. The summed E-state index contributed by atoms with van der Waals surface area (Å²) in [4.78, 5) is 4.20. The van der Waals surface area contributed by atoms with Gasteiger partial charge in [0.25, 0.3) is 0 Å². The van der Waals surface area contributed by atoms with Gasteiger partial charge in [-0.25, -0.2) is 0 Å². The van der Waals surface area contributed by atoms with E-state index in [0.29, 0.717) is 6.61 Å². The van der Waals surface area contributed by atoms with Crippen molar-refractivity contribution >= 4 is 0 Å². The molecule has 2 rings (SSSR count). The van der Waals surface area contributed by atoms with Crippen molar-refractivity contribution in [2.24, 2.45) is 0 Å². The lowest BCUT2D eigenvalue weighted by atomic mass is 10.1. The van der Waals surface area contributed by atoms with E-state index in [1.807, 2.05) is 26.2 Å². The molecule has 2 aromatic rings. The van der Waals surface area contributed by atoms with Crippen LogP contribution in [0.15, 0.2) is 42.7 Å². The van der Waals surface area contributed by atoms with Crippen molar-refractivity contribution in [2.45, 2.75) is 13.5 Å². The van der Waals surface area contributed by atoms with Crippen LogP contribution in [0, 0.1) is 0 Å². The molecule has 0 saturated heterocycles. The van der Waals surface area contributed by atoms with Gasteiger partial charge in [0.05, 0.1) is 12.8 Å². The van der Waals surface area contributed by atoms with Gasteiger partial charge in [-0.15, -0.1) is 0 Å². The average molecular weight is 242 g/mol. The van der Waals surface area contributed by atoms with E-state index in [2.05, 4.69) is 34.6 Å². The van der Waals surface area contributed by atoms with Gasteiger partial charge in [0.15, 0.2) is 0 Å². The van der Waals surface area contributed by atoms with Gasteiger partial charge in [-0.2, -0.15) is 0 Å². The zero-order chi connectivity index (χ0) is 12.8. The van der Waals surface area contributed by atoms with Crippen molar-refractivity contribution in [2.75, 3.05) is 13.7 Å². The fourth-order valence-electron chi connectivity index (χ4n) is 1.84. The van der Waals surface area contributed by atoms with Crippen LogP contribution in [0.2, 0.25) is 0 Å². The normalized spacial score (nSPS) is 10.3. The van der Waals surface area contributed by atoms with Crippen LogP contribution in [-0.4, -0.2) is 18.6 Å². The average Bonchev–Trinajstić information content (AvgIpc) is 2.41. The predicted molar refractivity (Wildman–Crippen MR) is 73.6 cm³/mol. The van der Waals surface area contributed by atoms with Crippen molar-refractivity contribution in [3.63, 3.8) is 0 Å². The van der Waals surface area contributed by atoms with Gasteiger partial charge in [-0.1, -0.05) is 24.3 Å². The maximum Gasteiger partial charge on any atom is 0.138 e. The SMILES string of the molecule is CCOc1cncc(-c2ccc(CNC)cc2)c1. The maximum atomic E-state index is 5.46. The summed E-state index contributed by atoms with van der Waals surface area (Å²) in [5.74, 6) is 0.814. The summed E-state index contributed by atoms with van der Waals surface area (Å²) in [6, 6.07) is 10.5. The van der Waals surface area contributed by atoms with Gasteiger partial charge in [0.2, 0.25) is 0 Å². The third kappa shape index (κ3) is 3.08. The number of pyridine rings is 1. The molecular formula is C15H18N2O. The number of hydrogen-bond donors (Lipinski definition) is 1. The topological polar surface area (TPSA) is 34.1 Å². The summed E-state index contributed by atoms with van der Waals surface area (Å²) in [5.41, 5.74) is 3.51. The van der Waals surface area contributed by atoms with Gasteiger partial charge in [0, 0.05) is 18.3 Å². The second-order valence-corrected chi connectivity index (χ2v) is 4.07. The molecule has 0 aliphatic carbocycles. The highest BCUT2D eigenvalue weighted by molar-refractivity contribution is 5.64. The molecule has 3 nitrogen and oxygen atoms in total. The van der Waals surface area contributed by atoms with Crippen LogP contribution in [-0.2, 0) is 6.54 Å². The number of nitrogens with one attached hydrogen (secondary N) is 1. The number of ether oxygens (including phenoxy) is 1. The minimum absolute atomic E-state index is 0.659. The lowest BCUT2D eigenvalue weighted by molar-refractivity contribution is 0.339. The smallest absolute Gasteiger partial charge is 0.138 e. The van der Waals surface area contributed by atoms with E-state index in [1.54, 1.807) is 6.20 Å². The van der Waals surface area contributed by atoms with Crippen molar-refractivity contribution in [1.82, 2.24) is 10.3 Å². The second-order valence-electron chi connectivity index (χ2n) is 4.07. The summed E-state index contributed by atoms with van der Waals surface area (Å²) in [6.45, 7) is 3.52. The molecule has 94 valence electrons. The first-order chi connectivity index (χ1) is 8.83. The summed E-state index contributed by atoms with van der Waals surface area (Å²) in [6.07, 6.45) is 3.60. The van der Waals surface area contributed by atoms with Crippen LogP contribution >= 0.6 is 0 Å². The minimum Gasteiger partial charge on any atom is -0.492 e. The molecule has 1 aromatic heterocycles. The molecule has 0 atom stereocenters. The zero-order valence-electron chi connectivity index (χ0n) is 10.8. The zero-order valence-corrected chi connectivity index (χ0v) is 10.8. The van der Waals surface area contributed by atoms with Crippen molar-refractivity contribution in [3.05, 3.63) is 48.3 Å². The van der Waals surface area contributed by atoms with E-state index < -0.39 is 0 Å². The van der Waals surface area contributed by atoms with Gasteiger partial charge >= 0.3 is 0 Å². The molecule has 3 heteroatoms. The largest absolute Gasteiger partial charge is 0.492 e. The van der Waals surface area contributed by atoms with Gasteiger partial charge in [-0.3, -0.25) is 4.98 Å². The van der Waals surface area contributed by atoms with Gasteiger partial charge in [-0.05, 0) is 31.2 Å². The molecule has 0 unspecified atom stereocenters. The molecule has 0 radical (unpaired) electrons. The Kier molecular flexibility index (Phi) is 4.31. The van der Waals surface area contributed by atoms with Crippen LogP contribution in [0.4, 0.5) is 0 Å². The Balaban J connectivity index is 2.22. The van der Waals surface area contributed by atoms with Gasteiger partial charge < -0.3 is 10.1 Å². The molecule has 0 amide bonds. The lowest BCUT2D eigenvalue weighted by Crippen LogP contribution is -2.04. The molecule has 0 aliphatic heterocycles. The van der Waals surface area contributed by atoms with Crippen LogP contribution in [0.5, 0.6) is 5.75 Å². The molecule has 1 heterocycles. The number of rotatable bonds is 5. The molecule has 0 bridgehead atoms. The second kappa shape index (κ2) is 6.17. The summed E-state index contributed by atoms with van der Waals surface area (Å²) in [7, 11) is 1.95. The van der Waals surface area contributed by atoms with Crippen LogP contribution in [0.25, 0.3) is 11.1 Å². The van der Waals surface area contributed by atoms with Crippen LogP contribution in [0.1, 0.15) is 12.5 Å². The fraction of sp³-hybridized carbons (Fsp3) is 0.267. The summed E-state index contributed by atoms with van der Waals surface area (Å²) in [5, 5.41) is 3.14. The highest BCUT2D eigenvalue weighted by atomic mass is 16.5. The monoisotopic (exact) mass is 242 g/mol.